The molecule has 30 heavy (non-hydrogen) atoms. The highest BCUT2D eigenvalue weighted by atomic mass is 32.2. The predicted octanol–water partition coefficient (Wildman–Crippen LogP) is 4.25. The first kappa shape index (κ1) is 20.2. The van der Waals surface area contributed by atoms with Crippen LogP contribution in [0.2, 0.25) is 0 Å². The molecule has 1 atom stereocenters. The van der Waals surface area contributed by atoms with E-state index in [1.54, 1.807) is 42.5 Å². The Kier molecular flexibility index (Phi) is 5.40. The molecule has 0 unspecified atom stereocenters. The minimum absolute atomic E-state index is 0.236. The SMILES string of the molecule is CS(=O)(=O)Nc1cccc(C2=NN(C(=O)c3cccs3)[C@@H](c3ccc(F)cc3)C2)c1. The highest BCUT2D eigenvalue weighted by molar-refractivity contribution is 7.92. The number of hydrogen-bond acceptors (Lipinski definition) is 5. The fraction of sp³-hybridized carbons (Fsp3) is 0.143. The van der Waals surface area contributed by atoms with Gasteiger partial charge >= 0.3 is 0 Å². The zero-order valence-electron chi connectivity index (χ0n) is 15.9. The Bertz CT molecular complexity index is 1210. The van der Waals surface area contributed by atoms with Gasteiger partial charge in [-0.25, -0.2) is 17.8 Å². The summed E-state index contributed by atoms with van der Waals surface area (Å²) in [7, 11) is -3.42. The number of amides is 1. The lowest BCUT2D eigenvalue weighted by molar-refractivity contribution is 0.0716. The summed E-state index contributed by atoms with van der Waals surface area (Å²) in [5.41, 5.74) is 2.54. The average Bonchev–Trinajstić information content (AvgIpc) is 3.37. The normalized spacial score (nSPS) is 16.4. The van der Waals surface area contributed by atoms with E-state index in [0.717, 1.165) is 11.8 Å². The van der Waals surface area contributed by atoms with Gasteiger partial charge in [-0.2, -0.15) is 5.10 Å². The molecule has 6 nitrogen and oxygen atoms in total. The number of benzene rings is 2. The molecule has 0 fully saturated rings. The van der Waals surface area contributed by atoms with Gasteiger partial charge in [0.2, 0.25) is 10.0 Å². The monoisotopic (exact) mass is 443 g/mol. The predicted molar refractivity (Wildman–Crippen MR) is 116 cm³/mol. The third kappa shape index (κ3) is 4.42. The van der Waals surface area contributed by atoms with E-state index in [9.17, 15) is 17.6 Å². The van der Waals surface area contributed by atoms with Crippen LogP contribution in [0.15, 0.2) is 71.1 Å². The second kappa shape index (κ2) is 8.00. The Morgan fingerprint density at radius 2 is 1.93 bits per heavy atom. The van der Waals surface area contributed by atoms with Crippen LogP contribution < -0.4 is 4.72 Å². The number of nitrogens with one attached hydrogen (secondary N) is 1. The Morgan fingerprint density at radius 3 is 2.60 bits per heavy atom. The van der Waals surface area contributed by atoms with Crippen molar-refractivity contribution in [2.75, 3.05) is 11.0 Å². The van der Waals surface area contributed by atoms with E-state index >= 15 is 0 Å². The van der Waals surface area contributed by atoms with Crippen LogP contribution in [0.1, 0.15) is 33.3 Å². The Balaban J connectivity index is 1.70. The van der Waals surface area contributed by atoms with Crippen molar-refractivity contribution in [3.05, 3.63) is 87.9 Å². The summed E-state index contributed by atoms with van der Waals surface area (Å²) in [6.07, 6.45) is 1.50. The maximum Gasteiger partial charge on any atom is 0.284 e. The first-order chi connectivity index (χ1) is 14.3. The third-order valence-corrected chi connectivity index (χ3v) is 6.07. The zero-order chi connectivity index (χ0) is 21.3. The van der Waals surface area contributed by atoms with Gasteiger partial charge in [-0.05, 0) is 46.8 Å². The van der Waals surface area contributed by atoms with Gasteiger partial charge in [0.15, 0.2) is 0 Å². The summed E-state index contributed by atoms with van der Waals surface area (Å²) < 4.78 is 39.0. The van der Waals surface area contributed by atoms with Crippen molar-refractivity contribution in [2.45, 2.75) is 12.5 Å². The van der Waals surface area contributed by atoms with Gasteiger partial charge in [-0.15, -0.1) is 11.3 Å². The fourth-order valence-electron chi connectivity index (χ4n) is 3.31. The van der Waals surface area contributed by atoms with Crippen molar-refractivity contribution in [3.8, 4) is 0 Å². The van der Waals surface area contributed by atoms with Crippen molar-refractivity contribution in [2.24, 2.45) is 5.10 Å². The zero-order valence-corrected chi connectivity index (χ0v) is 17.6. The van der Waals surface area contributed by atoms with Crippen molar-refractivity contribution < 1.29 is 17.6 Å². The number of carbonyl (C=O) groups is 1. The first-order valence-corrected chi connectivity index (χ1v) is 11.9. The molecule has 154 valence electrons. The second-order valence-electron chi connectivity index (χ2n) is 6.90. The standard InChI is InChI=1S/C21H18FN3O3S2/c1-30(27,28)24-17-5-2-4-15(12-17)18-13-19(14-7-9-16(22)10-8-14)25(23-18)21(26)20-6-3-11-29-20/h2-12,19,24H,13H2,1H3/t19-/m1/s1. The molecule has 1 N–H and O–H groups in total. The van der Waals surface area contributed by atoms with Crippen LogP contribution >= 0.6 is 11.3 Å². The minimum atomic E-state index is -3.42. The maximum atomic E-state index is 13.4. The number of carbonyl (C=O) groups excluding carboxylic acids is 1. The van der Waals surface area contributed by atoms with E-state index in [1.807, 2.05) is 11.4 Å². The largest absolute Gasteiger partial charge is 0.284 e. The number of thiophene rings is 1. The quantitative estimate of drug-likeness (QED) is 0.640. The van der Waals surface area contributed by atoms with Gasteiger partial charge < -0.3 is 0 Å². The molecule has 0 radical (unpaired) electrons. The molecule has 9 heteroatoms. The Hall–Kier alpha value is -3.04. The Morgan fingerprint density at radius 1 is 1.17 bits per heavy atom. The minimum Gasteiger partial charge on any atom is -0.284 e. The van der Waals surface area contributed by atoms with Gasteiger partial charge in [-0.1, -0.05) is 30.3 Å². The van der Waals surface area contributed by atoms with Crippen molar-refractivity contribution in [1.82, 2.24) is 5.01 Å². The van der Waals surface area contributed by atoms with E-state index in [2.05, 4.69) is 9.82 Å². The van der Waals surface area contributed by atoms with Gasteiger partial charge in [-0.3, -0.25) is 9.52 Å². The average molecular weight is 444 g/mol. The number of hydrogen-bond donors (Lipinski definition) is 1. The van der Waals surface area contributed by atoms with Gasteiger partial charge in [0.25, 0.3) is 5.91 Å². The molecule has 0 aliphatic carbocycles. The molecule has 2 aromatic carbocycles. The summed E-state index contributed by atoms with van der Waals surface area (Å²) in [4.78, 5) is 13.6. The van der Waals surface area contributed by atoms with Crippen molar-refractivity contribution >= 4 is 38.7 Å². The molecule has 1 amide bonds. The van der Waals surface area contributed by atoms with Crippen molar-refractivity contribution in [1.29, 1.82) is 0 Å². The molecule has 3 aromatic rings. The van der Waals surface area contributed by atoms with Gasteiger partial charge in [0.1, 0.15) is 5.82 Å². The highest BCUT2D eigenvalue weighted by Gasteiger charge is 2.34. The number of halogens is 1. The number of nitrogens with zero attached hydrogens (tertiary/aromatic N) is 2. The third-order valence-electron chi connectivity index (χ3n) is 4.60. The first-order valence-electron chi connectivity index (χ1n) is 9.08. The molecule has 1 aliphatic rings. The summed E-state index contributed by atoms with van der Waals surface area (Å²) >= 11 is 1.33. The van der Waals surface area contributed by atoms with E-state index in [1.165, 1.54) is 28.5 Å². The van der Waals surface area contributed by atoms with Gasteiger partial charge in [0, 0.05) is 12.1 Å². The summed E-state index contributed by atoms with van der Waals surface area (Å²) in [6.45, 7) is 0. The summed E-state index contributed by atoms with van der Waals surface area (Å²) in [5.74, 6) is -0.590. The fourth-order valence-corrected chi connectivity index (χ4v) is 4.52. The molecule has 0 spiro atoms. The molecule has 0 saturated heterocycles. The van der Waals surface area contributed by atoms with Gasteiger partial charge in [0.05, 0.1) is 22.9 Å². The molecule has 1 aliphatic heterocycles. The topological polar surface area (TPSA) is 78.8 Å². The molecule has 0 bridgehead atoms. The van der Waals surface area contributed by atoms with Crippen LogP contribution in [0, 0.1) is 5.82 Å². The molecule has 1 aromatic heterocycles. The van der Waals surface area contributed by atoms with Crippen molar-refractivity contribution in [3.63, 3.8) is 0 Å². The lowest BCUT2D eigenvalue weighted by Gasteiger charge is -2.21. The Labute approximate surface area is 177 Å². The van der Waals surface area contributed by atoms with E-state index in [0.29, 0.717) is 28.3 Å². The van der Waals surface area contributed by atoms with E-state index in [4.69, 9.17) is 0 Å². The maximum absolute atomic E-state index is 13.4. The molecule has 4 rings (SSSR count). The van der Waals surface area contributed by atoms with Crippen LogP contribution in [0.25, 0.3) is 0 Å². The van der Waals surface area contributed by atoms with Crippen LogP contribution in [0.3, 0.4) is 0 Å². The number of sulfonamides is 1. The lowest BCUT2D eigenvalue weighted by Crippen LogP contribution is -2.26. The summed E-state index contributed by atoms with van der Waals surface area (Å²) in [5, 5.41) is 7.81. The van der Waals surface area contributed by atoms with E-state index < -0.39 is 10.0 Å². The molecular formula is C21H18FN3O3S2. The van der Waals surface area contributed by atoms with Crippen LogP contribution in [0.4, 0.5) is 10.1 Å². The van der Waals surface area contributed by atoms with E-state index in [-0.39, 0.29) is 17.8 Å². The smallest absolute Gasteiger partial charge is 0.284 e. The van der Waals surface area contributed by atoms with Crippen LogP contribution in [0.5, 0.6) is 0 Å². The second-order valence-corrected chi connectivity index (χ2v) is 9.60. The van der Waals surface area contributed by atoms with Crippen LogP contribution in [-0.2, 0) is 10.0 Å². The number of anilines is 1. The highest BCUT2D eigenvalue weighted by Crippen LogP contribution is 2.35. The molecule has 2 heterocycles. The van der Waals surface area contributed by atoms with Crippen LogP contribution in [-0.4, -0.2) is 31.3 Å². The number of rotatable bonds is 5. The molecule has 0 saturated carbocycles. The molecular weight excluding hydrogens is 425 g/mol. The number of hydrazone groups is 1. The lowest BCUT2D eigenvalue weighted by atomic mass is 9.98. The summed E-state index contributed by atoms with van der Waals surface area (Å²) in [6, 6.07) is 16.0.